The van der Waals surface area contributed by atoms with E-state index in [0.29, 0.717) is 19.3 Å². The molecule has 5 atom stereocenters. The molecule has 3 fully saturated rings. The van der Waals surface area contributed by atoms with Crippen LogP contribution >= 0.6 is 0 Å². The van der Waals surface area contributed by atoms with Crippen molar-refractivity contribution in [3.63, 3.8) is 0 Å². The number of aromatic amines is 1. The van der Waals surface area contributed by atoms with Gasteiger partial charge in [-0.25, -0.2) is 26.7 Å². The molecule has 0 bridgehead atoms. The predicted octanol–water partition coefficient (Wildman–Crippen LogP) is 2.62. The van der Waals surface area contributed by atoms with Crippen LogP contribution in [0.1, 0.15) is 55.5 Å². The number of rotatable bonds is 4. The lowest BCUT2D eigenvalue weighted by atomic mass is 9.87. The minimum Gasteiger partial charge on any atom is -0.387 e. The molecule has 2 heterocycles. The van der Waals surface area contributed by atoms with Crippen LogP contribution in [0.3, 0.4) is 0 Å². The summed E-state index contributed by atoms with van der Waals surface area (Å²) in [5.74, 6) is -5.82. The standard InChI is InChI=1S/C22H26F5N3O4/c1-34-17-15-13(20(32)28-21(33)30(15)10-4-5-10)12(19(24)25)14(23)16(17)29-7-9-3-2-6-22(26,27)18(31)11(9)8-29/h9-11,16-19,31H,2-8H2,1H3,(H,28,32,33). The zero-order valence-corrected chi connectivity index (χ0v) is 18.4. The minimum absolute atomic E-state index is 0.0957. The van der Waals surface area contributed by atoms with Crippen molar-refractivity contribution in [3.8, 4) is 0 Å². The van der Waals surface area contributed by atoms with E-state index in [4.69, 9.17) is 4.74 Å². The number of allylic oxidation sites excluding steroid dienone is 1. The van der Waals surface area contributed by atoms with E-state index < -0.39 is 71.1 Å². The number of aliphatic hydroxyl groups excluding tert-OH is 1. The van der Waals surface area contributed by atoms with Crippen LogP contribution in [-0.2, 0) is 4.74 Å². The van der Waals surface area contributed by atoms with Gasteiger partial charge in [-0.3, -0.25) is 19.2 Å². The number of halogens is 5. The number of likely N-dealkylation sites (tertiary alicyclic amines) is 1. The van der Waals surface area contributed by atoms with Crippen LogP contribution in [0.15, 0.2) is 15.4 Å². The number of methoxy groups -OCH3 is 1. The lowest BCUT2D eigenvalue weighted by molar-refractivity contribution is -0.132. The van der Waals surface area contributed by atoms with Crippen molar-refractivity contribution in [3.05, 3.63) is 37.9 Å². The lowest BCUT2D eigenvalue weighted by Crippen LogP contribution is -2.48. The van der Waals surface area contributed by atoms with Crippen molar-refractivity contribution < 1.29 is 31.8 Å². The average Bonchev–Trinajstić information content (AvgIpc) is 3.52. The first-order valence-corrected chi connectivity index (χ1v) is 11.5. The molecule has 188 valence electrons. The Morgan fingerprint density at radius 1 is 1.18 bits per heavy atom. The van der Waals surface area contributed by atoms with Gasteiger partial charge in [0.15, 0.2) is 0 Å². The lowest BCUT2D eigenvalue weighted by Gasteiger charge is -2.39. The van der Waals surface area contributed by atoms with Gasteiger partial charge in [-0.1, -0.05) is 0 Å². The first-order chi connectivity index (χ1) is 16.1. The topological polar surface area (TPSA) is 87.6 Å². The first kappa shape index (κ1) is 23.7. The molecule has 2 N–H and O–H groups in total. The number of H-pyrrole nitrogens is 1. The van der Waals surface area contributed by atoms with Crippen LogP contribution in [0.2, 0.25) is 0 Å². The third-order valence-corrected chi connectivity index (χ3v) is 7.75. The van der Waals surface area contributed by atoms with E-state index in [0.717, 1.165) is 0 Å². The van der Waals surface area contributed by atoms with Crippen molar-refractivity contribution in [1.82, 2.24) is 14.5 Å². The molecule has 5 unspecified atom stereocenters. The SMILES string of the molecule is COC1c2c(c(=O)[nH]c(=O)n2C2CC2)C(C(F)F)=C(F)C1N1CC2CCCC(F)(F)C(O)C2C1. The first-order valence-electron chi connectivity index (χ1n) is 11.5. The molecule has 3 aliphatic carbocycles. The molecule has 2 saturated carbocycles. The fraction of sp³-hybridized carbons (Fsp3) is 0.727. The van der Waals surface area contributed by atoms with Gasteiger partial charge in [-0.05, 0) is 31.6 Å². The molecule has 1 saturated heterocycles. The Bertz CT molecular complexity index is 1130. The van der Waals surface area contributed by atoms with Crippen molar-refractivity contribution in [2.24, 2.45) is 11.8 Å². The van der Waals surface area contributed by atoms with E-state index in [1.807, 2.05) is 4.98 Å². The Hall–Kier alpha value is -2.05. The summed E-state index contributed by atoms with van der Waals surface area (Å²) < 4.78 is 79.5. The maximum absolute atomic E-state index is 15.8. The molecular weight excluding hydrogens is 465 g/mol. The maximum Gasteiger partial charge on any atom is 0.328 e. The molecule has 0 radical (unpaired) electrons. The number of nitrogens with zero attached hydrogens (tertiary/aromatic N) is 2. The van der Waals surface area contributed by atoms with Crippen LogP contribution in [0.5, 0.6) is 0 Å². The Labute approximate surface area is 191 Å². The zero-order valence-electron chi connectivity index (χ0n) is 18.4. The molecule has 1 aromatic heterocycles. The van der Waals surface area contributed by atoms with Crippen LogP contribution < -0.4 is 11.2 Å². The molecule has 0 spiro atoms. The summed E-state index contributed by atoms with van der Waals surface area (Å²) in [7, 11) is 1.22. The normalized spacial score (nSPS) is 33.7. The number of fused-ring (bicyclic) bond motifs is 2. The maximum atomic E-state index is 15.8. The second kappa shape index (κ2) is 8.27. The van der Waals surface area contributed by atoms with E-state index in [-0.39, 0.29) is 37.2 Å². The van der Waals surface area contributed by atoms with Gasteiger partial charge in [0, 0.05) is 38.6 Å². The van der Waals surface area contributed by atoms with Gasteiger partial charge in [-0.2, -0.15) is 0 Å². The monoisotopic (exact) mass is 491 g/mol. The predicted molar refractivity (Wildman–Crippen MR) is 111 cm³/mol. The molecule has 1 aliphatic heterocycles. The summed E-state index contributed by atoms with van der Waals surface area (Å²) in [6.45, 7) is -0.0550. The fourth-order valence-electron chi connectivity index (χ4n) is 6.05. The summed E-state index contributed by atoms with van der Waals surface area (Å²) in [4.78, 5) is 28.7. The molecule has 7 nitrogen and oxygen atoms in total. The second-order valence-corrected chi connectivity index (χ2v) is 9.76. The van der Waals surface area contributed by atoms with E-state index in [2.05, 4.69) is 0 Å². The third-order valence-electron chi connectivity index (χ3n) is 7.75. The second-order valence-electron chi connectivity index (χ2n) is 9.76. The smallest absolute Gasteiger partial charge is 0.328 e. The van der Waals surface area contributed by atoms with E-state index >= 15 is 4.39 Å². The molecule has 0 aromatic carbocycles. The van der Waals surface area contributed by atoms with Crippen LogP contribution in [0.4, 0.5) is 22.0 Å². The van der Waals surface area contributed by atoms with Gasteiger partial charge in [0.05, 0.1) is 22.9 Å². The Balaban J connectivity index is 1.64. The molecule has 0 amide bonds. The van der Waals surface area contributed by atoms with Crippen LogP contribution in [0, 0.1) is 11.8 Å². The molecule has 12 heteroatoms. The number of aliphatic hydroxyl groups is 1. The van der Waals surface area contributed by atoms with Crippen molar-refractivity contribution in [2.75, 3.05) is 20.2 Å². The summed E-state index contributed by atoms with van der Waals surface area (Å²) in [6, 6.07) is -1.78. The highest BCUT2D eigenvalue weighted by atomic mass is 19.3. The quantitative estimate of drug-likeness (QED) is 0.633. The number of aromatic nitrogens is 2. The van der Waals surface area contributed by atoms with Gasteiger partial charge >= 0.3 is 5.69 Å². The summed E-state index contributed by atoms with van der Waals surface area (Å²) >= 11 is 0. The van der Waals surface area contributed by atoms with Gasteiger partial charge in [0.2, 0.25) is 0 Å². The minimum atomic E-state index is -3.35. The van der Waals surface area contributed by atoms with Gasteiger partial charge in [-0.15, -0.1) is 0 Å². The molecule has 34 heavy (non-hydrogen) atoms. The largest absolute Gasteiger partial charge is 0.387 e. The van der Waals surface area contributed by atoms with Crippen molar-refractivity contribution in [1.29, 1.82) is 0 Å². The number of hydrogen-bond acceptors (Lipinski definition) is 5. The Kier molecular flexibility index (Phi) is 5.76. The highest BCUT2D eigenvalue weighted by Gasteiger charge is 2.54. The van der Waals surface area contributed by atoms with Gasteiger partial charge < -0.3 is 9.84 Å². The number of hydrogen-bond donors (Lipinski definition) is 2. The summed E-state index contributed by atoms with van der Waals surface area (Å²) in [5, 5.41) is 10.4. The summed E-state index contributed by atoms with van der Waals surface area (Å²) in [5.41, 5.74) is -3.74. The highest BCUT2D eigenvalue weighted by molar-refractivity contribution is 5.74. The molecule has 1 aromatic rings. The highest BCUT2D eigenvalue weighted by Crippen LogP contribution is 2.49. The summed E-state index contributed by atoms with van der Waals surface area (Å²) in [6.07, 6.45) is -5.28. The van der Waals surface area contributed by atoms with Crippen LogP contribution in [-0.4, -0.2) is 64.3 Å². The average molecular weight is 491 g/mol. The number of ether oxygens (including phenoxy) is 1. The van der Waals surface area contributed by atoms with E-state index in [9.17, 15) is 32.3 Å². The number of nitrogens with one attached hydrogen (secondary N) is 1. The molecule has 4 aliphatic rings. The van der Waals surface area contributed by atoms with Gasteiger partial charge in [0.1, 0.15) is 18.0 Å². The van der Waals surface area contributed by atoms with Crippen molar-refractivity contribution >= 4 is 5.57 Å². The number of alkyl halides is 4. The van der Waals surface area contributed by atoms with E-state index in [1.165, 1.54) is 16.6 Å². The zero-order chi connectivity index (χ0) is 24.5. The van der Waals surface area contributed by atoms with Crippen molar-refractivity contribution in [2.45, 2.75) is 68.7 Å². The third kappa shape index (κ3) is 3.56. The fourth-order valence-corrected chi connectivity index (χ4v) is 6.05. The van der Waals surface area contributed by atoms with Crippen LogP contribution in [0.25, 0.3) is 5.57 Å². The van der Waals surface area contributed by atoms with Gasteiger partial charge in [0.25, 0.3) is 17.9 Å². The Morgan fingerprint density at radius 2 is 1.88 bits per heavy atom. The molecule has 5 rings (SSSR count). The van der Waals surface area contributed by atoms with E-state index in [1.54, 1.807) is 0 Å². The Morgan fingerprint density at radius 3 is 2.50 bits per heavy atom. The molecular formula is C22H26F5N3O4.